The fourth-order valence-electron chi connectivity index (χ4n) is 4.45. The lowest BCUT2D eigenvalue weighted by Crippen LogP contribution is -2.19. The summed E-state index contributed by atoms with van der Waals surface area (Å²) >= 11 is 5.54. The third-order valence-corrected chi connectivity index (χ3v) is 7.07. The zero-order valence-corrected chi connectivity index (χ0v) is 15.5. The summed E-state index contributed by atoms with van der Waals surface area (Å²) in [4.78, 5) is 5.50. The molecule has 1 atom stereocenters. The van der Waals surface area contributed by atoms with Crippen molar-refractivity contribution in [2.45, 2.75) is 12.5 Å². The molecule has 0 radical (unpaired) electrons. The Kier molecular flexibility index (Phi) is 2.53. The number of para-hydroxylation sites is 1. The van der Waals surface area contributed by atoms with Gasteiger partial charge in [0.25, 0.3) is 0 Å². The van der Waals surface area contributed by atoms with E-state index in [1.165, 1.54) is 48.9 Å². The van der Waals surface area contributed by atoms with Crippen molar-refractivity contribution in [3.63, 3.8) is 0 Å². The van der Waals surface area contributed by atoms with Crippen molar-refractivity contribution < 1.29 is 0 Å². The van der Waals surface area contributed by atoms with Gasteiger partial charge in [0.1, 0.15) is 0 Å². The lowest BCUT2D eigenvalue weighted by molar-refractivity contribution is 0.868. The highest BCUT2D eigenvalue weighted by Gasteiger charge is 2.40. The van der Waals surface area contributed by atoms with E-state index in [1.807, 2.05) is 11.8 Å². The van der Waals surface area contributed by atoms with Crippen LogP contribution in [0.3, 0.4) is 0 Å². The molecule has 1 nitrogen and oxygen atoms in total. The van der Waals surface area contributed by atoms with Crippen molar-refractivity contribution in [3.05, 3.63) is 79.0 Å². The molecule has 24 heavy (non-hydrogen) atoms. The first-order chi connectivity index (χ1) is 11.7. The topological polar surface area (TPSA) is 3.24 Å². The molecule has 2 aliphatic heterocycles. The molecule has 2 aliphatic carbocycles. The maximum Gasteiger partial charge on any atom is 0.0805 e. The van der Waals surface area contributed by atoms with Gasteiger partial charge >= 0.3 is 0 Å². The van der Waals surface area contributed by atoms with Crippen molar-refractivity contribution in [3.8, 4) is 0 Å². The number of fused-ring (bicyclic) bond motifs is 6. The van der Waals surface area contributed by atoms with Crippen LogP contribution in [0.5, 0.6) is 0 Å². The molecule has 1 saturated heterocycles. The molecular formula is C21H14BrNS. The molecule has 0 spiro atoms. The molecule has 116 valence electrons. The van der Waals surface area contributed by atoms with E-state index in [0.29, 0.717) is 6.04 Å². The number of anilines is 1. The maximum absolute atomic E-state index is 3.60. The fourth-order valence-corrected chi connectivity index (χ4v) is 5.69. The van der Waals surface area contributed by atoms with E-state index in [2.05, 4.69) is 76.4 Å². The Morgan fingerprint density at radius 2 is 2.04 bits per heavy atom. The lowest BCUT2D eigenvalue weighted by Gasteiger charge is -2.24. The highest BCUT2D eigenvalue weighted by molar-refractivity contribution is 9.10. The summed E-state index contributed by atoms with van der Waals surface area (Å²) in [5, 5.41) is 0. The minimum atomic E-state index is 0.357. The molecule has 2 aromatic rings. The molecule has 0 N–H and O–H groups in total. The number of halogens is 1. The van der Waals surface area contributed by atoms with Gasteiger partial charge in [0.2, 0.25) is 0 Å². The second-order valence-electron chi connectivity index (χ2n) is 6.77. The Morgan fingerprint density at radius 3 is 2.83 bits per heavy atom. The normalized spacial score (nSPS) is 22.1. The van der Waals surface area contributed by atoms with Crippen LogP contribution in [0.2, 0.25) is 0 Å². The predicted octanol–water partition coefficient (Wildman–Crippen LogP) is 6.24. The van der Waals surface area contributed by atoms with Crippen molar-refractivity contribution in [1.82, 2.24) is 0 Å². The third-order valence-electron chi connectivity index (χ3n) is 5.52. The van der Waals surface area contributed by atoms with Crippen molar-refractivity contribution in [1.29, 1.82) is 0 Å². The number of hydrogen-bond acceptors (Lipinski definition) is 2. The molecule has 0 saturated carbocycles. The first kappa shape index (κ1) is 13.6. The van der Waals surface area contributed by atoms with Gasteiger partial charge in [-0.15, -0.1) is 0 Å². The van der Waals surface area contributed by atoms with Gasteiger partial charge in [0.15, 0.2) is 0 Å². The van der Waals surface area contributed by atoms with Gasteiger partial charge in [-0.2, -0.15) is 0 Å². The Balaban J connectivity index is 1.57. The van der Waals surface area contributed by atoms with E-state index >= 15 is 0 Å². The number of rotatable bonds is 1. The first-order valence-corrected chi connectivity index (χ1v) is 9.82. The van der Waals surface area contributed by atoms with Crippen LogP contribution in [0.25, 0.3) is 17.2 Å². The van der Waals surface area contributed by atoms with Crippen molar-refractivity contribution in [2.75, 3.05) is 11.9 Å². The van der Waals surface area contributed by atoms with Crippen molar-refractivity contribution >= 4 is 50.6 Å². The quantitative estimate of drug-likeness (QED) is 0.529. The summed E-state index contributed by atoms with van der Waals surface area (Å²) in [5.74, 6) is 0. The molecule has 3 heteroatoms. The number of hydrogen-bond donors (Lipinski definition) is 0. The van der Waals surface area contributed by atoms with Crippen LogP contribution < -0.4 is 4.90 Å². The smallest absolute Gasteiger partial charge is 0.0805 e. The average molecular weight is 392 g/mol. The van der Waals surface area contributed by atoms with Gasteiger partial charge in [-0.1, -0.05) is 58.0 Å². The molecule has 0 bridgehead atoms. The second kappa shape index (κ2) is 4.47. The largest absolute Gasteiger partial charge is 0.362 e. The summed E-state index contributed by atoms with van der Waals surface area (Å²) in [5.41, 5.74) is 9.97. The van der Waals surface area contributed by atoms with Gasteiger partial charge in [-0.3, -0.25) is 0 Å². The van der Waals surface area contributed by atoms with Gasteiger partial charge in [-0.05, 0) is 46.9 Å². The van der Waals surface area contributed by atoms with Crippen LogP contribution in [-0.2, 0) is 0 Å². The van der Waals surface area contributed by atoms with E-state index in [0.717, 1.165) is 10.9 Å². The SMILES string of the molecule is CN1c2c(cccc2C2=C3SC3=CC2)C2=Cc3cc(Br)ccc3C21. The monoisotopic (exact) mass is 391 g/mol. The molecule has 4 aliphatic rings. The van der Waals surface area contributed by atoms with Crippen LogP contribution in [0.4, 0.5) is 5.69 Å². The lowest BCUT2D eigenvalue weighted by atomic mass is 9.97. The second-order valence-corrected chi connectivity index (χ2v) is 8.74. The van der Waals surface area contributed by atoms with Gasteiger partial charge < -0.3 is 4.90 Å². The number of nitrogens with zero attached hydrogens (tertiary/aromatic N) is 1. The van der Waals surface area contributed by atoms with Crippen LogP contribution in [0.15, 0.2) is 56.8 Å². The number of likely N-dealkylation sites (N-methyl/N-ethyl adjacent to an activating group) is 1. The van der Waals surface area contributed by atoms with Crippen LogP contribution in [-0.4, -0.2) is 7.05 Å². The molecule has 1 fully saturated rings. The average Bonchev–Trinajstić information content (AvgIpc) is 2.97. The first-order valence-electron chi connectivity index (χ1n) is 8.21. The fraction of sp³-hybridized carbons (Fsp3) is 0.143. The highest BCUT2D eigenvalue weighted by Crippen LogP contribution is 2.62. The number of benzene rings is 2. The summed E-state index contributed by atoms with van der Waals surface area (Å²) in [6.45, 7) is 0. The minimum Gasteiger partial charge on any atom is -0.362 e. The molecule has 0 amide bonds. The summed E-state index contributed by atoms with van der Waals surface area (Å²) in [7, 11) is 2.25. The van der Waals surface area contributed by atoms with E-state index in [1.54, 1.807) is 0 Å². The Bertz CT molecular complexity index is 1040. The zero-order chi connectivity index (χ0) is 16.0. The number of allylic oxidation sites excluding steroid dienone is 2. The van der Waals surface area contributed by atoms with Crippen LogP contribution in [0, 0.1) is 0 Å². The van der Waals surface area contributed by atoms with E-state index in [9.17, 15) is 0 Å². The van der Waals surface area contributed by atoms with Gasteiger partial charge in [0.05, 0.1) is 11.7 Å². The van der Waals surface area contributed by atoms with E-state index < -0.39 is 0 Å². The van der Waals surface area contributed by atoms with Gasteiger partial charge in [-0.25, -0.2) is 0 Å². The Labute approximate surface area is 153 Å². The summed E-state index contributed by atoms with van der Waals surface area (Å²) < 4.78 is 1.15. The van der Waals surface area contributed by atoms with Crippen LogP contribution >= 0.6 is 27.7 Å². The maximum atomic E-state index is 3.60. The molecule has 2 aromatic carbocycles. The third kappa shape index (κ3) is 1.62. The molecule has 1 unspecified atom stereocenters. The minimum absolute atomic E-state index is 0.357. The molecule has 0 aromatic heterocycles. The Hall–Kier alpha value is -1.71. The standard InChI is InChI=1S/C21H14BrNS/c1-23-19-13-6-5-12(22)9-11(13)10-17(19)15-4-2-3-14(20(15)23)16-7-8-18-21(16)24-18/h2-6,8-10,19H,7H2,1H3. The predicted molar refractivity (Wildman–Crippen MR) is 107 cm³/mol. The van der Waals surface area contributed by atoms with Crippen LogP contribution in [0.1, 0.15) is 34.7 Å². The van der Waals surface area contributed by atoms with Gasteiger partial charge in [0, 0.05) is 32.5 Å². The molecule has 2 heterocycles. The summed E-state index contributed by atoms with van der Waals surface area (Å²) in [6.07, 6.45) is 5.84. The molecular weight excluding hydrogens is 378 g/mol. The summed E-state index contributed by atoms with van der Waals surface area (Å²) in [6, 6.07) is 13.8. The van der Waals surface area contributed by atoms with E-state index in [-0.39, 0.29) is 0 Å². The molecule has 6 rings (SSSR count). The van der Waals surface area contributed by atoms with Crippen molar-refractivity contribution in [2.24, 2.45) is 0 Å². The highest BCUT2D eigenvalue weighted by atomic mass is 79.9. The zero-order valence-electron chi connectivity index (χ0n) is 13.1. The Morgan fingerprint density at radius 1 is 1.17 bits per heavy atom. The van der Waals surface area contributed by atoms with E-state index in [4.69, 9.17) is 0 Å². The number of thioether (sulfide) groups is 1.